The molecule has 0 aliphatic carbocycles. The molecule has 0 bridgehead atoms. The Labute approximate surface area is 132 Å². The molecular formula is C19H22N2O. The molecular weight excluding hydrogens is 272 g/mol. The number of anilines is 1. The first-order valence-corrected chi connectivity index (χ1v) is 7.83. The van der Waals surface area contributed by atoms with Crippen molar-refractivity contribution in [1.29, 1.82) is 0 Å². The van der Waals surface area contributed by atoms with Crippen LogP contribution < -0.4 is 10.2 Å². The van der Waals surface area contributed by atoms with Crippen LogP contribution in [0.15, 0.2) is 48.5 Å². The first-order valence-electron chi connectivity index (χ1n) is 7.83. The Morgan fingerprint density at radius 1 is 1.18 bits per heavy atom. The van der Waals surface area contributed by atoms with Crippen LogP contribution in [-0.2, 0) is 17.8 Å². The maximum Gasteiger partial charge on any atom is 0.242 e. The lowest BCUT2D eigenvalue weighted by molar-refractivity contribution is -0.122. The van der Waals surface area contributed by atoms with Crippen LogP contribution in [0, 0.1) is 6.92 Å². The number of benzene rings is 2. The van der Waals surface area contributed by atoms with Crippen LogP contribution in [0.4, 0.5) is 5.69 Å². The molecule has 0 unspecified atom stereocenters. The molecule has 1 heterocycles. The van der Waals surface area contributed by atoms with Crippen molar-refractivity contribution in [1.82, 2.24) is 5.32 Å². The Morgan fingerprint density at radius 3 is 2.68 bits per heavy atom. The number of fused-ring (bicyclic) bond motifs is 1. The van der Waals surface area contributed by atoms with Crippen LogP contribution >= 0.6 is 0 Å². The maximum absolute atomic E-state index is 12.4. The van der Waals surface area contributed by atoms with Gasteiger partial charge in [0, 0.05) is 18.8 Å². The minimum Gasteiger partial charge on any atom is -0.359 e. The summed E-state index contributed by atoms with van der Waals surface area (Å²) in [4.78, 5) is 14.6. The second-order valence-electron chi connectivity index (χ2n) is 5.95. The number of hydrogen-bond acceptors (Lipinski definition) is 2. The molecule has 0 fully saturated rings. The molecule has 3 heteroatoms. The lowest BCUT2D eigenvalue weighted by atomic mass is 10.1. The Balaban J connectivity index is 1.62. The van der Waals surface area contributed by atoms with Crippen molar-refractivity contribution >= 4 is 11.6 Å². The number of nitrogens with zero attached hydrogens (tertiary/aromatic N) is 1. The fourth-order valence-corrected chi connectivity index (χ4v) is 2.95. The van der Waals surface area contributed by atoms with E-state index < -0.39 is 0 Å². The van der Waals surface area contributed by atoms with Gasteiger partial charge in [0.2, 0.25) is 5.91 Å². The summed E-state index contributed by atoms with van der Waals surface area (Å²) in [6.45, 7) is 5.54. The van der Waals surface area contributed by atoms with Crippen LogP contribution in [0.2, 0.25) is 0 Å². The Kier molecular flexibility index (Phi) is 4.14. The van der Waals surface area contributed by atoms with Crippen LogP contribution in [0.5, 0.6) is 0 Å². The smallest absolute Gasteiger partial charge is 0.242 e. The minimum atomic E-state index is -0.144. The largest absolute Gasteiger partial charge is 0.359 e. The lowest BCUT2D eigenvalue weighted by Gasteiger charge is -2.26. The summed E-state index contributed by atoms with van der Waals surface area (Å²) in [5, 5.41) is 3.05. The zero-order valence-corrected chi connectivity index (χ0v) is 13.2. The van der Waals surface area contributed by atoms with Gasteiger partial charge < -0.3 is 10.2 Å². The SMILES string of the molecule is Cc1ccc(CNC(=O)[C@@H](C)N2CCc3ccccc32)cc1. The first-order chi connectivity index (χ1) is 10.6. The van der Waals surface area contributed by atoms with Gasteiger partial charge in [-0.25, -0.2) is 0 Å². The van der Waals surface area contributed by atoms with Crippen molar-refractivity contribution in [2.75, 3.05) is 11.4 Å². The molecule has 0 spiro atoms. The molecule has 3 nitrogen and oxygen atoms in total. The molecule has 1 atom stereocenters. The molecule has 0 saturated heterocycles. The summed E-state index contributed by atoms with van der Waals surface area (Å²) >= 11 is 0. The average Bonchev–Trinajstić information content (AvgIpc) is 2.97. The van der Waals surface area contributed by atoms with Crippen LogP contribution in [-0.4, -0.2) is 18.5 Å². The number of rotatable bonds is 4. The van der Waals surface area contributed by atoms with E-state index in [4.69, 9.17) is 0 Å². The quantitative estimate of drug-likeness (QED) is 0.940. The molecule has 22 heavy (non-hydrogen) atoms. The molecule has 1 aliphatic rings. The van der Waals surface area contributed by atoms with Gasteiger partial charge in [-0.15, -0.1) is 0 Å². The van der Waals surface area contributed by atoms with Crippen LogP contribution in [0.25, 0.3) is 0 Å². The Morgan fingerprint density at radius 2 is 1.91 bits per heavy atom. The highest BCUT2D eigenvalue weighted by atomic mass is 16.2. The van der Waals surface area contributed by atoms with Crippen molar-refractivity contribution in [3.8, 4) is 0 Å². The molecule has 114 valence electrons. The predicted molar refractivity (Wildman–Crippen MR) is 90.0 cm³/mol. The van der Waals surface area contributed by atoms with Crippen molar-refractivity contribution in [3.05, 3.63) is 65.2 Å². The highest BCUT2D eigenvalue weighted by molar-refractivity contribution is 5.85. The van der Waals surface area contributed by atoms with E-state index in [2.05, 4.69) is 59.6 Å². The highest BCUT2D eigenvalue weighted by Crippen LogP contribution is 2.29. The van der Waals surface area contributed by atoms with Crippen molar-refractivity contribution in [3.63, 3.8) is 0 Å². The number of carbonyl (C=O) groups excluding carboxylic acids is 1. The second kappa shape index (κ2) is 6.22. The van der Waals surface area contributed by atoms with Crippen LogP contribution in [0.3, 0.4) is 0 Å². The Hall–Kier alpha value is -2.29. The van der Waals surface area contributed by atoms with Gasteiger partial charge in [0.05, 0.1) is 0 Å². The summed E-state index contributed by atoms with van der Waals surface area (Å²) in [5.41, 5.74) is 4.89. The van der Waals surface area contributed by atoms with Gasteiger partial charge in [-0.2, -0.15) is 0 Å². The summed E-state index contributed by atoms with van der Waals surface area (Å²) in [6.07, 6.45) is 1.02. The van der Waals surface area contributed by atoms with Crippen molar-refractivity contribution in [2.45, 2.75) is 32.9 Å². The van der Waals surface area contributed by atoms with E-state index in [1.54, 1.807) is 0 Å². The highest BCUT2D eigenvalue weighted by Gasteiger charge is 2.27. The molecule has 0 saturated carbocycles. The normalized spacial score (nSPS) is 14.5. The monoisotopic (exact) mass is 294 g/mol. The molecule has 0 radical (unpaired) electrons. The van der Waals surface area contributed by atoms with Crippen molar-refractivity contribution < 1.29 is 4.79 Å². The molecule has 3 rings (SSSR count). The molecule has 1 aliphatic heterocycles. The number of para-hydroxylation sites is 1. The average molecular weight is 294 g/mol. The predicted octanol–water partition coefficient (Wildman–Crippen LogP) is 3.06. The van der Waals surface area contributed by atoms with Gasteiger partial charge in [0.15, 0.2) is 0 Å². The van der Waals surface area contributed by atoms with E-state index in [0.29, 0.717) is 6.54 Å². The second-order valence-corrected chi connectivity index (χ2v) is 5.95. The third-order valence-corrected chi connectivity index (χ3v) is 4.36. The van der Waals surface area contributed by atoms with Gasteiger partial charge in [-0.3, -0.25) is 4.79 Å². The number of amides is 1. The number of carbonyl (C=O) groups is 1. The van der Waals surface area contributed by atoms with E-state index in [9.17, 15) is 4.79 Å². The third-order valence-electron chi connectivity index (χ3n) is 4.36. The third kappa shape index (κ3) is 2.98. The van der Waals surface area contributed by atoms with Gasteiger partial charge in [-0.1, -0.05) is 48.0 Å². The molecule has 1 N–H and O–H groups in total. The number of hydrogen-bond donors (Lipinski definition) is 1. The zero-order chi connectivity index (χ0) is 15.5. The van der Waals surface area contributed by atoms with Gasteiger partial charge in [0.25, 0.3) is 0 Å². The topological polar surface area (TPSA) is 32.3 Å². The summed E-state index contributed by atoms with van der Waals surface area (Å²) in [6, 6.07) is 16.5. The summed E-state index contributed by atoms with van der Waals surface area (Å²) in [7, 11) is 0. The first kappa shape index (κ1) is 14.6. The fourth-order valence-electron chi connectivity index (χ4n) is 2.95. The summed E-state index contributed by atoms with van der Waals surface area (Å²) in [5.74, 6) is 0.0808. The van der Waals surface area contributed by atoms with Gasteiger partial charge in [0.1, 0.15) is 6.04 Å². The summed E-state index contributed by atoms with van der Waals surface area (Å²) < 4.78 is 0. The molecule has 2 aromatic rings. The Bertz CT molecular complexity index is 663. The zero-order valence-electron chi connectivity index (χ0n) is 13.2. The minimum absolute atomic E-state index is 0.0808. The van der Waals surface area contributed by atoms with E-state index in [0.717, 1.165) is 18.5 Å². The number of nitrogens with one attached hydrogen (secondary N) is 1. The lowest BCUT2D eigenvalue weighted by Crippen LogP contribution is -2.44. The van der Waals surface area contributed by atoms with Gasteiger partial charge in [-0.05, 0) is 37.5 Å². The van der Waals surface area contributed by atoms with E-state index in [1.807, 2.05) is 13.0 Å². The van der Waals surface area contributed by atoms with E-state index >= 15 is 0 Å². The van der Waals surface area contributed by atoms with E-state index in [1.165, 1.54) is 16.8 Å². The van der Waals surface area contributed by atoms with Crippen molar-refractivity contribution in [2.24, 2.45) is 0 Å². The molecule has 1 amide bonds. The standard InChI is InChI=1S/C19H22N2O/c1-14-7-9-16(10-8-14)13-20-19(22)15(2)21-12-11-17-5-3-4-6-18(17)21/h3-10,15H,11-13H2,1-2H3,(H,20,22)/t15-/m1/s1. The number of aryl methyl sites for hydroxylation is 1. The van der Waals surface area contributed by atoms with E-state index in [-0.39, 0.29) is 11.9 Å². The van der Waals surface area contributed by atoms with Gasteiger partial charge >= 0.3 is 0 Å². The maximum atomic E-state index is 12.4. The van der Waals surface area contributed by atoms with Crippen LogP contribution in [0.1, 0.15) is 23.6 Å². The molecule has 2 aromatic carbocycles. The fraction of sp³-hybridized carbons (Fsp3) is 0.316. The molecule has 0 aromatic heterocycles.